The van der Waals surface area contributed by atoms with Gasteiger partial charge < -0.3 is 15.8 Å². The van der Waals surface area contributed by atoms with E-state index in [1.54, 1.807) is 24.5 Å². The summed E-state index contributed by atoms with van der Waals surface area (Å²) in [6.07, 6.45) is 3.51. The molecule has 0 saturated carbocycles. The number of carbonyl (C=O) groups is 1. The minimum absolute atomic E-state index is 0.236. The van der Waals surface area contributed by atoms with Crippen molar-refractivity contribution in [3.8, 4) is 5.75 Å². The van der Waals surface area contributed by atoms with Gasteiger partial charge in [0, 0.05) is 18.8 Å². The molecule has 0 aliphatic heterocycles. The fourth-order valence-electron chi connectivity index (χ4n) is 1.47. The van der Waals surface area contributed by atoms with Gasteiger partial charge >= 0.3 is 0 Å². The normalized spacial score (nSPS) is 10.2. The Balaban J connectivity index is 2.41. The van der Waals surface area contributed by atoms with Crippen molar-refractivity contribution < 1.29 is 9.90 Å². The molecular weight excluding hydrogens is 236 g/mol. The summed E-state index contributed by atoms with van der Waals surface area (Å²) in [5, 5.41) is 9.34. The van der Waals surface area contributed by atoms with Gasteiger partial charge in [-0.2, -0.15) is 0 Å². The number of hydrogen-bond acceptors (Lipinski definition) is 5. The lowest BCUT2D eigenvalue weighted by molar-refractivity contribution is 0.0992. The quantitative estimate of drug-likeness (QED) is 0.677. The Labute approximate surface area is 101 Å². The van der Waals surface area contributed by atoms with E-state index in [0.29, 0.717) is 0 Å². The molecule has 2 aromatic rings. The number of primary amides is 1. The lowest BCUT2D eigenvalue weighted by Crippen LogP contribution is -2.21. The van der Waals surface area contributed by atoms with Crippen LogP contribution in [0.4, 0.5) is 0 Å². The average molecular weight is 246 g/mol. The van der Waals surface area contributed by atoms with Crippen molar-refractivity contribution in [1.82, 2.24) is 15.0 Å². The number of rotatable bonds is 3. The standard InChI is InChI=1S/C11H10N4O3/c12-10(17)8-9(16)11(18)15-7(14-8)4-6-2-1-3-13-5-6/h1-3,5,16H,4H2,(H2,12,17)(H,14,15,18). The second-order valence-corrected chi connectivity index (χ2v) is 3.61. The van der Waals surface area contributed by atoms with Gasteiger partial charge in [-0.05, 0) is 11.6 Å². The van der Waals surface area contributed by atoms with Gasteiger partial charge in [0.05, 0.1) is 0 Å². The zero-order valence-corrected chi connectivity index (χ0v) is 9.25. The van der Waals surface area contributed by atoms with Crippen LogP contribution in [0.2, 0.25) is 0 Å². The molecule has 0 atom stereocenters. The Morgan fingerprint density at radius 1 is 1.50 bits per heavy atom. The van der Waals surface area contributed by atoms with E-state index < -0.39 is 22.9 Å². The van der Waals surface area contributed by atoms with Crippen molar-refractivity contribution in [3.05, 3.63) is 52.0 Å². The van der Waals surface area contributed by atoms with E-state index >= 15 is 0 Å². The first-order chi connectivity index (χ1) is 8.58. The van der Waals surface area contributed by atoms with Crippen LogP contribution >= 0.6 is 0 Å². The van der Waals surface area contributed by atoms with Gasteiger partial charge in [-0.3, -0.25) is 14.6 Å². The van der Waals surface area contributed by atoms with Crippen LogP contribution in [0, 0.1) is 0 Å². The van der Waals surface area contributed by atoms with Gasteiger partial charge in [-0.25, -0.2) is 4.98 Å². The average Bonchev–Trinajstić information content (AvgIpc) is 2.34. The third kappa shape index (κ3) is 2.34. The minimum atomic E-state index is -0.953. The fraction of sp³-hybridized carbons (Fsp3) is 0.0909. The van der Waals surface area contributed by atoms with Crippen LogP contribution in [0.3, 0.4) is 0 Å². The highest BCUT2D eigenvalue weighted by Crippen LogP contribution is 2.09. The molecule has 4 N–H and O–H groups in total. The highest BCUT2D eigenvalue weighted by atomic mass is 16.3. The number of amides is 1. The van der Waals surface area contributed by atoms with Gasteiger partial charge in [-0.1, -0.05) is 6.07 Å². The van der Waals surface area contributed by atoms with Crippen LogP contribution in [0.5, 0.6) is 5.75 Å². The van der Waals surface area contributed by atoms with Crippen molar-refractivity contribution >= 4 is 5.91 Å². The maximum absolute atomic E-state index is 11.4. The summed E-state index contributed by atoms with van der Waals surface area (Å²) >= 11 is 0. The number of nitrogens with two attached hydrogens (primary N) is 1. The van der Waals surface area contributed by atoms with E-state index in [1.165, 1.54) is 0 Å². The molecule has 0 radical (unpaired) electrons. The topological polar surface area (TPSA) is 122 Å². The molecule has 7 nitrogen and oxygen atoms in total. The summed E-state index contributed by atoms with van der Waals surface area (Å²) in [5.74, 6) is -1.48. The molecule has 0 aliphatic rings. The van der Waals surface area contributed by atoms with Crippen LogP contribution in [0.15, 0.2) is 29.3 Å². The summed E-state index contributed by atoms with van der Waals surface area (Å²) in [6, 6.07) is 3.53. The molecular formula is C11H10N4O3. The molecule has 0 spiro atoms. The smallest absolute Gasteiger partial charge is 0.293 e. The summed E-state index contributed by atoms with van der Waals surface area (Å²) in [5.41, 5.74) is 4.60. The summed E-state index contributed by atoms with van der Waals surface area (Å²) in [6.45, 7) is 0. The van der Waals surface area contributed by atoms with Crippen molar-refractivity contribution in [1.29, 1.82) is 0 Å². The third-order valence-electron chi connectivity index (χ3n) is 2.27. The van der Waals surface area contributed by atoms with E-state index in [9.17, 15) is 14.7 Å². The molecule has 0 fully saturated rings. The molecule has 0 saturated heterocycles. The maximum atomic E-state index is 11.4. The molecule has 2 aromatic heterocycles. The molecule has 7 heteroatoms. The second kappa shape index (κ2) is 4.66. The summed E-state index contributed by atoms with van der Waals surface area (Å²) < 4.78 is 0. The van der Waals surface area contributed by atoms with Gasteiger partial charge in [0.1, 0.15) is 5.82 Å². The van der Waals surface area contributed by atoms with Crippen LogP contribution < -0.4 is 11.3 Å². The molecule has 2 heterocycles. The fourth-order valence-corrected chi connectivity index (χ4v) is 1.47. The third-order valence-corrected chi connectivity index (χ3v) is 2.27. The number of aromatic hydroxyl groups is 1. The molecule has 0 unspecified atom stereocenters. The first kappa shape index (κ1) is 11.8. The van der Waals surface area contributed by atoms with Gasteiger partial charge in [0.25, 0.3) is 11.5 Å². The Morgan fingerprint density at radius 3 is 2.89 bits per heavy atom. The van der Waals surface area contributed by atoms with Gasteiger partial charge in [0.15, 0.2) is 5.69 Å². The number of aromatic nitrogens is 3. The van der Waals surface area contributed by atoms with E-state index in [2.05, 4.69) is 15.0 Å². The second-order valence-electron chi connectivity index (χ2n) is 3.61. The van der Waals surface area contributed by atoms with Gasteiger partial charge in [-0.15, -0.1) is 0 Å². The van der Waals surface area contributed by atoms with E-state index in [4.69, 9.17) is 5.73 Å². The van der Waals surface area contributed by atoms with E-state index in [1.807, 2.05) is 0 Å². The highest BCUT2D eigenvalue weighted by molar-refractivity contribution is 5.93. The molecule has 0 bridgehead atoms. The lowest BCUT2D eigenvalue weighted by atomic mass is 10.2. The number of aromatic amines is 1. The highest BCUT2D eigenvalue weighted by Gasteiger charge is 2.15. The molecule has 92 valence electrons. The monoisotopic (exact) mass is 246 g/mol. The van der Waals surface area contributed by atoms with Crippen LogP contribution in [0.1, 0.15) is 21.9 Å². The Hall–Kier alpha value is -2.70. The van der Waals surface area contributed by atoms with E-state index in [0.717, 1.165) is 5.56 Å². The molecule has 0 aliphatic carbocycles. The SMILES string of the molecule is NC(=O)c1nc(Cc2cccnc2)[nH]c(=O)c1O. The number of H-pyrrole nitrogens is 1. The van der Waals surface area contributed by atoms with Crippen molar-refractivity contribution in [3.63, 3.8) is 0 Å². The van der Waals surface area contributed by atoms with Crippen LogP contribution in [-0.2, 0) is 6.42 Å². The summed E-state index contributed by atoms with van der Waals surface area (Å²) in [7, 11) is 0. The number of nitrogens with one attached hydrogen (secondary N) is 1. The summed E-state index contributed by atoms with van der Waals surface area (Å²) in [4.78, 5) is 32.5. The van der Waals surface area contributed by atoms with Crippen molar-refractivity contribution in [2.24, 2.45) is 5.73 Å². The van der Waals surface area contributed by atoms with Crippen LogP contribution in [-0.4, -0.2) is 26.0 Å². The van der Waals surface area contributed by atoms with Crippen molar-refractivity contribution in [2.75, 3.05) is 0 Å². The maximum Gasteiger partial charge on any atom is 0.293 e. The van der Waals surface area contributed by atoms with Crippen LogP contribution in [0.25, 0.3) is 0 Å². The predicted molar refractivity (Wildman–Crippen MR) is 62.1 cm³/mol. The largest absolute Gasteiger partial charge is 0.501 e. The zero-order valence-electron chi connectivity index (χ0n) is 9.25. The van der Waals surface area contributed by atoms with Gasteiger partial charge in [0.2, 0.25) is 5.75 Å². The molecule has 1 amide bonds. The Morgan fingerprint density at radius 2 is 2.28 bits per heavy atom. The number of hydrogen-bond donors (Lipinski definition) is 3. The number of nitrogens with zero attached hydrogens (tertiary/aromatic N) is 2. The molecule has 0 aromatic carbocycles. The number of pyridine rings is 1. The zero-order chi connectivity index (χ0) is 13.1. The lowest BCUT2D eigenvalue weighted by Gasteiger charge is -2.03. The molecule has 18 heavy (non-hydrogen) atoms. The van der Waals surface area contributed by atoms with Crippen molar-refractivity contribution in [2.45, 2.75) is 6.42 Å². The predicted octanol–water partition coefficient (Wildman–Crippen LogP) is -0.440. The first-order valence-electron chi connectivity index (χ1n) is 5.09. The Kier molecular flexibility index (Phi) is 3.05. The molecule has 2 rings (SSSR count). The Bertz CT molecular complexity index is 636. The minimum Gasteiger partial charge on any atom is -0.501 e. The van der Waals surface area contributed by atoms with E-state index in [-0.39, 0.29) is 12.2 Å². The number of carbonyl (C=O) groups excluding carboxylic acids is 1. The first-order valence-corrected chi connectivity index (χ1v) is 5.09.